The molecule has 0 fully saturated rings. The van der Waals surface area contributed by atoms with Crippen molar-refractivity contribution in [2.75, 3.05) is 0 Å². The molecule has 8 rings (SSSR count). The molecule has 4 nitrogen and oxygen atoms in total. The summed E-state index contributed by atoms with van der Waals surface area (Å²) in [6.07, 6.45) is 4.07. The predicted molar refractivity (Wildman–Crippen MR) is 172 cm³/mol. The maximum atomic E-state index is 5.05. The van der Waals surface area contributed by atoms with Gasteiger partial charge in [0.05, 0.1) is 16.8 Å². The normalized spacial score (nSPS) is 15.2. The fourth-order valence-corrected chi connectivity index (χ4v) is 7.23. The third-order valence-electron chi connectivity index (χ3n) is 9.95. The Balaban J connectivity index is 0.00000312. The van der Waals surface area contributed by atoms with Crippen LogP contribution in [0.1, 0.15) is 75.2 Å². The van der Waals surface area contributed by atoms with Crippen LogP contribution in [-0.2, 0) is 37.3 Å². The van der Waals surface area contributed by atoms with Crippen molar-refractivity contribution in [2.24, 2.45) is 0 Å². The molecule has 2 aliphatic carbocycles. The Bertz CT molecular complexity index is 1930. The van der Waals surface area contributed by atoms with Gasteiger partial charge < -0.3 is 0 Å². The van der Waals surface area contributed by atoms with Crippen LogP contribution in [0, 0.1) is 12.1 Å². The molecule has 0 aliphatic heterocycles. The van der Waals surface area contributed by atoms with E-state index in [0.29, 0.717) is 0 Å². The van der Waals surface area contributed by atoms with Gasteiger partial charge in [-0.2, -0.15) is 34.5 Å². The van der Waals surface area contributed by atoms with Gasteiger partial charge in [0.1, 0.15) is 0 Å². The van der Waals surface area contributed by atoms with E-state index in [9.17, 15) is 0 Å². The standard InChI is InChI=1S/C39H34N4.Pt/c1-37(2)31-13-9-7-11-27(31)29-17-15-25(23-33(29)37)42-21-19-35(40-42)39(5,6)36-20-22-43(41-36)26-16-18-30-28-12-8-10-14-32(28)38(3,4)34(30)24-26;/h7-14,17-24H,1-6H3;/q-2;+2. The molecule has 0 bridgehead atoms. The van der Waals surface area contributed by atoms with Crippen molar-refractivity contribution in [3.63, 3.8) is 0 Å². The molecule has 0 N–H and O–H groups in total. The molecular weight excluding hydrogens is 720 g/mol. The quantitative estimate of drug-likeness (QED) is 0.169. The number of aromatic nitrogens is 4. The molecule has 0 saturated heterocycles. The van der Waals surface area contributed by atoms with Crippen molar-refractivity contribution in [3.05, 3.63) is 143 Å². The van der Waals surface area contributed by atoms with E-state index in [1.807, 2.05) is 21.8 Å². The van der Waals surface area contributed by atoms with E-state index in [-0.39, 0.29) is 31.9 Å². The van der Waals surface area contributed by atoms with Crippen molar-refractivity contribution >= 4 is 0 Å². The van der Waals surface area contributed by atoms with Gasteiger partial charge in [-0.15, -0.1) is 34.4 Å². The van der Waals surface area contributed by atoms with E-state index in [1.165, 1.54) is 44.5 Å². The van der Waals surface area contributed by atoms with Crippen LogP contribution in [-0.4, -0.2) is 19.6 Å². The second-order valence-corrected chi connectivity index (χ2v) is 13.5. The molecule has 0 unspecified atom stereocenters. The molecule has 0 atom stereocenters. The molecule has 0 spiro atoms. The summed E-state index contributed by atoms with van der Waals surface area (Å²) in [6.45, 7) is 13.6. The summed E-state index contributed by atoms with van der Waals surface area (Å²) in [6, 6.07) is 37.3. The second kappa shape index (κ2) is 9.74. The van der Waals surface area contributed by atoms with Crippen LogP contribution in [0.25, 0.3) is 33.6 Å². The van der Waals surface area contributed by atoms with Gasteiger partial charge in [-0.25, -0.2) is 0 Å². The monoisotopic (exact) mass is 753 g/mol. The van der Waals surface area contributed by atoms with E-state index in [0.717, 1.165) is 22.8 Å². The summed E-state index contributed by atoms with van der Waals surface area (Å²) in [5.74, 6) is 0. The van der Waals surface area contributed by atoms with Gasteiger partial charge in [-0.05, 0) is 59.3 Å². The Morgan fingerprint density at radius 2 is 0.977 bits per heavy atom. The van der Waals surface area contributed by atoms with Crippen LogP contribution in [0.3, 0.4) is 0 Å². The molecule has 0 radical (unpaired) electrons. The van der Waals surface area contributed by atoms with Crippen LogP contribution in [0.5, 0.6) is 0 Å². The Labute approximate surface area is 274 Å². The summed E-state index contributed by atoms with van der Waals surface area (Å²) < 4.78 is 3.89. The topological polar surface area (TPSA) is 35.6 Å². The molecule has 5 heteroatoms. The van der Waals surface area contributed by atoms with Crippen molar-refractivity contribution in [3.8, 4) is 33.6 Å². The molecule has 220 valence electrons. The molecule has 2 heterocycles. The van der Waals surface area contributed by atoms with Crippen LogP contribution in [0.4, 0.5) is 0 Å². The van der Waals surface area contributed by atoms with E-state index in [2.05, 4.69) is 139 Å². The van der Waals surface area contributed by atoms with Gasteiger partial charge in [-0.3, -0.25) is 9.36 Å². The third-order valence-corrected chi connectivity index (χ3v) is 9.95. The van der Waals surface area contributed by atoms with E-state index >= 15 is 0 Å². The Morgan fingerprint density at radius 1 is 0.568 bits per heavy atom. The fraction of sp³-hybridized carbons (Fsp3) is 0.231. The SMILES string of the molecule is CC(C)(c1ccn(-c2[c-]cc3c(c2)C(C)(C)c2ccccc2-3)n1)c1ccn(-c2[c-]cc3c(c2)C(C)(C)c2ccccc2-3)n1.[Pt+2]. The zero-order valence-electron chi connectivity index (χ0n) is 25.8. The largest absolute Gasteiger partial charge is 2.00 e. The molecule has 0 amide bonds. The van der Waals surface area contributed by atoms with Gasteiger partial charge in [0.25, 0.3) is 0 Å². The van der Waals surface area contributed by atoms with Crippen LogP contribution in [0.2, 0.25) is 0 Å². The summed E-state index contributed by atoms with van der Waals surface area (Å²) >= 11 is 0. The first-order chi connectivity index (χ1) is 20.6. The number of fused-ring (bicyclic) bond motifs is 6. The molecule has 0 saturated carbocycles. The molecule has 2 aliphatic rings. The first kappa shape index (κ1) is 28.7. The number of hydrogen-bond acceptors (Lipinski definition) is 2. The minimum Gasteiger partial charge on any atom is -0.265 e. The second-order valence-electron chi connectivity index (χ2n) is 13.5. The summed E-state index contributed by atoms with van der Waals surface area (Å²) in [5, 5.41) is 10.1. The molecule has 44 heavy (non-hydrogen) atoms. The Kier molecular flexibility index (Phi) is 6.36. The Morgan fingerprint density at radius 3 is 1.41 bits per heavy atom. The van der Waals surface area contributed by atoms with Crippen molar-refractivity contribution in [2.45, 2.75) is 57.8 Å². The van der Waals surface area contributed by atoms with E-state index in [1.54, 1.807) is 0 Å². The average molecular weight is 754 g/mol. The smallest absolute Gasteiger partial charge is 0.265 e. The summed E-state index contributed by atoms with van der Waals surface area (Å²) in [5.41, 5.74) is 13.8. The van der Waals surface area contributed by atoms with E-state index < -0.39 is 5.41 Å². The fourth-order valence-electron chi connectivity index (χ4n) is 7.23. The van der Waals surface area contributed by atoms with Crippen molar-refractivity contribution < 1.29 is 21.1 Å². The Hall–Kier alpha value is -4.01. The minimum absolute atomic E-state index is 0. The van der Waals surface area contributed by atoms with Gasteiger partial charge >= 0.3 is 21.1 Å². The van der Waals surface area contributed by atoms with Crippen molar-refractivity contribution in [1.29, 1.82) is 0 Å². The average Bonchev–Trinajstić information content (AvgIpc) is 3.79. The number of benzene rings is 4. The summed E-state index contributed by atoms with van der Waals surface area (Å²) in [7, 11) is 0. The third kappa shape index (κ3) is 4.00. The molecular formula is C39H34N4Pt. The maximum Gasteiger partial charge on any atom is 2.00 e. The zero-order valence-corrected chi connectivity index (χ0v) is 28.1. The van der Waals surface area contributed by atoms with Crippen molar-refractivity contribution in [1.82, 2.24) is 19.6 Å². The number of hydrogen-bond donors (Lipinski definition) is 0. The van der Waals surface area contributed by atoms with Crippen LogP contribution in [0.15, 0.2) is 97.3 Å². The predicted octanol–water partition coefficient (Wildman–Crippen LogP) is 8.59. The van der Waals surface area contributed by atoms with Gasteiger partial charge in [0.2, 0.25) is 0 Å². The molecule has 2 aromatic heterocycles. The number of rotatable bonds is 4. The number of nitrogens with zero attached hydrogens (tertiary/aromatic N) is 4. The zero-order chi connectivity index (χ0) is 29.7. The van der Waals surface area contributed by atoms with Gasteiger partial charge in [0.15, 0.2) is 0 Å². The first-order valence-electron chi connectivity index (χ1n) is 15.0. The first-order valence-corrected chi connectivity index (χ1v) is 15.0. The molecule has 4 aromatic carbocycles. The van der Waals surface area contributed by atoms with E-state index in [4.69, 9.17) is 10.2 Å². The van der Waals surface area contributed by atoms with Crippen LogP contribution >= 0.6 is 0 Å². The summed E-state index contributed by atoms with van der Waals surface area (Å²) in [4.78, 5) is 0. The van der Waals surface area contributed by atoms with Gasteiger partial charge in [-0.1, -0.05) is 87.4 Å². The minimum atomic E-state index is -0.394. The van der Waals surface area contributed by atoms with Crippen LogP contribution < -0.4 is 0 Å². The molecule has 6 aromatic rings. The maximum absolute atomic E-state index is 5.05. The van der Waals surface area contributed by atoms with Gasteiger partial charge in [0, 0.05) is 12.4 Å².